The van der Waals surface area contributed by atoms with Crippen molar-refractivity contribution in [2.24, 2.45) is 5.73 Å². The molecule has 1 rings (SSSR count). The minimum absolute atomic E-state index is 0.309. The fourth-order valence-corrected chi connectivity index (χ4v) is 1.89. The van der Waals surface area contributed by atoms with Crippen molar-refractivity contribution in [3.05, 3.63) is 36.2 Å². The van der Waals surface area contributed by atoms with Crippen LogP contribution in [-0.2, 0) is 4.79 Å². The molecule has 0 saturated carbocycles. The Morgan fingerprint density at radius 3 is 2.35 bits per heavy atom. The maximum absolute atomic E-state index is 12.8. The molecule has 1 aromatic carbocycles. The summed E-state index contributed by atoms with van der Waals surface area (Å²) in [6.45, 7) is 0.364. The molecular formula is C16H19F4N3O3. The molecule has 0 radical (unpaired) electrons. The summed E-state index contributed by atoms with van der Waals surface area (Å²) < 4.78 is 52.6. The average molecular weight is 377 g/mol. The smallest absolute Gasteiger partial charge is 0.406 e. The van der Waals surface area contributed by atoms with E-state index in [1.54, 1.807) is 0 Å². The van der Waals surface area contributed by atoms with Crippen LogP contribution >= 0.6 is 0 Å². The van der Waals surface area contributed by atoms with Crippen LogP contribution < -0.4 is 21.1 Å². The second-order valence-electron chi connectivity index (χ2n) is 5.22. The first-order valence-electron chi connectivity index (χ1n) is 7.73. The number of primary amides is 1. The van der Waals surface area contributed by atoms with Crippen molar-refractivity contribution in [3.63, 3.8) is 0 Å². The summed E-state index contributed by atoms with van der Waals surface area (Å²) in [6, 6.07) is 4.22. The third-order valence-corrected chi connectivity index (χ3v) is 3.07. The molecule has 4 N–H and O–H groups in total. The lowest BCUT2D eigenvalue weighted by Crippen LogP contribution is -2.29. The van der Waals surface area contributed by atoms with Crippen LogP contribution in [0.15, 0.2) is 36.2 Å². The Labute approximate surface area is 147 Å². The van der Waals surface area contributed by atoms with E-state index in [9.17, 15) is 27.2 Å². The Morgan fingerprint density at radius 1 is 1.12 bits per heavy atom. The van der Waals surface area contributed by atoms with E-state index in [0.29, 0.717) is 37.9 Å². The van der Waals surface area contributed by atoms with E-state index in [1.165, 1.54) is 12.1 Å². The summed E-state index contributed by atoms with van der Waals surface area (Å²) in [5, 5.41) is 5.04. The van der Waals surface area contributed by atoms with Gasteiger partial charge in [-0.05, 0) is 49.6 Å². The van der Waals surface area contributed by atoms with E-state index in [4.69, 9.17) is 5.73 Å². The van der Waals surface area contributed by atoms with Gasteiger partial charge in [-0.2, -0.15) is 0 Å². The molecule has 0 saturated heterocycles. The molecule has 1 aromatic rings. The van der Waals surface area contributed by atoms with Gasteiger partial charge < -0.3 is 21.1 Å². The molecule has 0 atom stereocenters. The summed E-state index contributed by atoms with van der Waals surface area (Å²) in [6.07, 6.45) is -1.32. The van der Waals surface area contributed by atoms with Gasteiger partial charge in [0, 0.05) is 12.2 Å². The van der Waals surface area contributed by atoms with Gasteiger partial charge in [0.05, 0.1) is 0 Å². The van der Waals surface area contributed by atoms with Gasteiger partial charge in [0.2, 0.25) is 0 Å². The summed E-state index contributed by atoms with van der Waals surface area (Å²) in [7, 11) is 0. The highest BCUT2D eigenvalue weighted by Crippen LogP contribution is 2.23. The SMILES string of the molecule is NC(=O)/C(F)=C/CCCCCNC(=O)Nc1ccc(OC(F)(F)F)cc1. The Morgan fingerprint density at radius 2 is 1.77 bits per heavy atom. The Balaban J connectivity index is 2.20. The standard InChI is InChI=1S/C16H19F4N3O3/c17-13(14(21)24)5-3-1-2-4-10-22-15(25)23-11-6-8-12(9-7-11)26-16(18,19)20/h5-9H,1-4,10H2,(H2,21,24)(H2,22,23,25)/b13-5-. The number of carbonyl (C=O) groups excluding carboxylic acids is 2. The zero-order valence-corrected chi connectivity index (χ0v) is 13.7. The number of hydrogen-bond acceptors (Lipinski definition) is 3. The molecule has 0 fully saturated rings. The molecule has 0 heterocycles. The van der Waals surface area contributed by atoms with Crippen LogP contribution in [0, 0.1) is 0 Å². The minimum atomic E-state index is -4.77. The topological polar surface area (TPSA) is 93.5 Å². The van der Waals surface area contributed by atoms with E-state index >= 15 is 0 Å². The van der Waals surface area contributed by atoms with Gasteiger partial charge in [0.15, 0.2) is 5.83 Å². The van der Waals surface area contributed by atoms with Crippen LogP contribution in [0.1, 0.15) is 25.7 Å². The number of halogens is 4. The summed E-state index contributed by atoms with van der Waals surface area (Å²) >= 11 is 0. The minimum Gasteiger partial charge on any atom is -0.406 e. The lowest BCUT2D eigenvalue weighted by atomic mass is 10.2. The van der Waals surface area contributed by atoms with Crippen LogP contribution in [0.5, 0.6) is 5.75 Å². The number of benzene rings is 1. The molecule has 10 heteroatoms. The zero-order valence-electron chi connectivity index (χ0n) is 13.7. The Bertz CT molecular complexity index is 631. The van der Waals surface area contributed by atoms with E-state index in [-0.39, 0.29) is 5.75 Å². The van der Waals surface area contributed by atoms with E-state index in [2.05, 4.69) is 15.4 Å². The number of unbranched alkanes of at least 4 members (excludes halogenated alkanes) is 3. The number of rotatable bonds is 9. The Hall–Kier alpha value is -2.78. The number of urea groups is 1. The largest absolute Gasteiger partial charge is 0.573 e. The predicted molar refractivity (Wildman–Crippen MR) is 87.0 cm³/mol. The van der Waals surface area contributed by atoms with Crippen molar-refractivity contribution >= 4 is 17.6 Å². The zero-order chi connectivity index (χ0) is 19.6. The number of anilines is 1. The molecule has 0 aliphatic heterocycles. The third-order valence-electron chi connectivity index (χ3n) is 3.07. The second-order valence-corrected chi connectivity index (χ2v) is 5.22. The van der Waals surface area contributed by atoms with Crippen LogP contribution in [0.4, 0.5) is 28.0 Å². The van der Waals surface area contributed by atoms with E-state index in [0.717, 1.165) is 18.2 Å². The molecule has 0 bridgehead atoms. The van der Waals surface area contributed by atoms with E-state index < -0.39 is 24.1 Å². The summed E-state index contributed by atoms with van der Waals surface area (Å²) in [5.74, 6) is -2.44. The first-order chi connectivity index (χ1) is 12.2. The van der Waals surface area contributed by atoms with Crippen molar-refractivity contribution in [2.45, 2.75) is 32.0 Å². The first-order valence-corrected chi connectivity index (χ1v) is 7.73. The maximum Gasteiger partial charge on any atom is 0.573 e. The molecule has 26 heavy (non-hydrogen) atoms. The second kappa shape index (κ2) is 10.3. The number of carbonyl (C=O) groups is 2. The summed E-state index contributed by atoms with van der Waals surface area (Å²) in [4.78, 5) is 22.1. The van der Waals surface area contributed by atoms with E-state index in [1.807, 2.05) is 0 Å². The first kappa shape index (κ1) is 21.3. The lowest BCUT2D eigenvalue weighted by molar-refractivity contribution is -0.274. The van der Waals surface area contributed by atoms with Crippen LogP contribution in [0.25, 0.3) is 0 Å². The fourth-order valence-electron chi connectivity index (χ4n) is 1.89. The van der Waals surface area contributed by atoms with Gasteiger partial charge in [-0.3, -0.25) is 4.79 Å². The fraction of sp³-hybridized carbons (Fsp3) is 0.375. The van der Waals surface area contributed by atoms with Crippen molar-refractivity contribution in [3.8, 4) is 5.75 Å². The molecule has 144 valence electrons. The average Bonchev–Trinajstić information content (AvgIpc) is 2.54. The monoisotopic (exact) mass is 377 g/mol. The maximum atomic E-state index is 12.8. The highest BCUT2D eigenvalue weighted by atomic mass is 19.4. The molecule has 0 aliphatic carbocycles. The number of alkyl halides is 3. The van der Waals surface area contributed by atoms with Gasteiger partial charge in [-0.1, -0.05) is 6.42 Å². The molecule has 0 spiro atoms. The molecular weight excluding hydrogens is 358 g/mol. The van der Waals surface area contributed by atoms with Crippen molar-refractivity contribution in [1.82, 2.24) is 5.32 Å². The normalized spacial score (nSPS) is 11.8. The quantitative estimate of drug-likeness (QED) is 0.349. The number of ether oxygens (including phenoxy) is 1. The van der Waals surface area contributed by atoms with Crippen LogP contribution in [-0.4, -0.2) is 24.8 Å². The number of allylic oxidation sites excluding steroid dienone is 1. The molecule has 6 nitrogen and oxygen atoms in total. The van der Waals surface area contributed by atoms with Gasteiger partial charge in [-0.25, -0.2) is 9.18 Å². The van der Waals surface area contributed by atoms with Gasteiger partial charge in [0.1, 0.15) is 5.75 Å². The number of amides is 3. The lowest BCUT2D eigenvalue weighted by Gasteiger charge is -2.10. The van der Waals surface area contributed by atoms with Gasteiger partial charge in [-0.15, -0.1) is 13.2 Å². The van der Waals surface area contributed by atoms with Crippen molar-refractivity contribution < 1.29 is 31.9 Å². The number of hydrogen-bond donors (Lipinski definition) is 3. The van der Waals surface area contributed by atoms with Crippen molar-refractivity contribution in [1.29, 1.82) is 0 Å². The molecule has 0 aliphatic rings. The highest BCUT2D eigenvalue weighted by Gasteiger charge is 2.30. The Kier molecular flexibility index (Phi) is 8.40. The number of nitrogens with two attached hydrogens (primary N) is 1. The molecule has 3 amide bonds. The number of nitrogens with one attached hydrogen (secondary N) is 2. The van der Waals surface area contributed by atoms with Gasteiger partial charge >= 0.3 is 12.4 Å². The van der Waals surface area contributed by atoms with Gasteiger partial charge in [0.25, 0.3) is 5.91 Å². The molecule has 0 unspecified atom stereocenters. The highest BCUT2D eigenvalue weighted by molar-refractivity contribution is 5.89. The summed E-state index contributed by atoms with van der Waals surface area (Å²) in [5.41, 5.74) is 5.05. The van der Waals surface area contributed by atoms with Crippen molar-refractivity contribution in [2.75, 3.05) is 11.9 Å². The molecule has 0 aromatic heterocycles. The third kappa shape index (κ3) is 9.50. The van der Waals surface area contributed by atoms with Crippen LogP contribution in [0.2, 0.25) is 0 Å². The predicted octanol–water partition coefficient (Wildman–Crippen LogP) is 3.61. The van der Waals surface area contributed by atoms with Crippen LogP contribution in [0.3, 0.4) is 0 Å².